The zero-order chi connectivity index (χ0) is 14.8. The molecule has 110 valence electrons. The maximum absolute atomic E-state index is 12.5. The molecular formula is C14H25NO4. The molecule has 1 N–H and O–H groups in total. The minimum atomic E-state index is -0.876. The summed E-state index contributed by atoms with van der Waals surface area (Å²) in [5.41, 5.74) is -0.443. The Bertz CT molecular complexity index is 353. The van der Waals surface area contributed by atoms with Gasteiger partial charge in [-0.1, -0.05) is 20.8 Å². The van der Waals surface area contributed by atoms with Crippen LogP contribution < -0.4 is 0 Å². The van der Waals surface area contributed by atoms with Crippen LogP contribution >= 0.6 is 0 Å². The van der Waals surface area contributed by atoms with E-state index in [0.29, 0.717) is 13.2 Å². The van der Waals surface area contributed by atoms with Crippen LogP contribution in [0.4, 0.5) is 0 Å². The summed E-state index contributed by atoms with van der Waals surface area (Å²) in [6.07, 6.45) is 0.848. The van der Waals surface area contributed by atoms with E-state index in [4.69, 9.17) is 9.84 Å². The maximum Gasteiger partial charge on any atom is 0.307 e. The highest BCUT2D eigenvalue weighted by Crippen LogP contribution is 2.59. The molecule has 0 aromatic heterocycles. The molecule has 1 unspecified atom stereocenters. The fourth-order valence-electron chi connectivity index (χ4n) is 2.70. The normalized spacial score (nSPS) is 25.7. The molecule has 1 aliphatic rings. The first-order chi connectivity index (χ1) is 8.78. The van der Waals surface area contributed by atoms with Gasteiger partial charge in [-0.3, -0.25) is 9.59 Å². The molecule has 19 heavy (non-hydrogen) atoms. The van der Waals surface area contributed by atoms with Gasteiger partial charge in [0, 0.05) is 19.7 Å². The molecule has 0 aliphatic heterocycles. The van der Waals surface area contributed by atoms with Gasteiger partial charge in [0.15, 0.2) is 0 Å². The molecule has 0 spiro atoms. The fourth-order valence-corrected chi connectivity index (χ4v) is 2.70. The molecule has 1 amide bonds. The number of carboxylic acids is 1. The van der Waals surface area contributed by atoms with Crippen molar-refractivity contribution in [2.75, 3.05) is 20.3 Å². The summed E-state index contributed by atoms with van der Waals surface area (Å²) in [7, 11) is 1.60. The number of amides is 1. The largest absolute Gasteiger partial charge is 0.481 e. The van der Waals surface area contributed by atoms with Crippen LogP contribution in [0.3, 0.4) is 0 Å². The van der Waals surface area contributed by atoms with Crippen LogP contribution in [-0.2, 0) is 14.3 Å². The lowest BCUT2D eigenvalue weighted by atomic mass is 10.1. The van der Waals surface area contributed by atoms with Crippen molar-refractivity contribution < 1.29 is 19.4 Å². The maximum atomic E-state index is 12.5. The summed E-state index contributed by atoms with van der Waals surface area (Å²) in [5, 5.41) is 9.17. The topological polar surface area (TPSA) is 66.8 Å². The van der Waals surface area contributed by atoms with Crippen molar-refractivity contribution in [2.24, 2.45) is 17.3 Å². The van der Waals surface area contributed by atoms with Gasteiger partial charge in [0.2, 0.25) is 5.91 Å². The van der Waals surface area contributed by atoms with Crippen molar-refractivity contribution in [3.05, 3.63) is 0 Å². The minimum absolute atomic E-state index is 0.0520. The van der Waals surface area contributed by atoms with Crippen LogP contribution in [-0.4, -0.2) is 48.2 Å². The van der Waals surface area contributed by atoms with Crippen molar-refractivity contribution in [1.29, 1.82) is 0 Å². The molecule has 0 aromatic rings. The van der Waals surface area contributed by atoms with Crippen LogP contribution in [0.15, 0.2) is 0 Å². The molecule has 5 nitrogen and oxygen atoms in total. The summed E-state index contributed by atoms with van der Waals surface area (Å²) in [6.45, 7) is 8.69. The summed E-state index contributed by atoms with van der Waals surface area (Å²) in [5.74, 6) is -1.90. The third-order valence-corrected chi connectivity index (χ3v) is 4.30. The molecule has 1 fully saturated rings. The van der Waals surface area contributed by atoms with Crippen molar-refractivity contribution in [3.63, 3.8) is 0 Å². The Morgan fingerprint density at radius 3 is 2.32 bits per heavy atom. The van der Waals surface area contributed by atoms with Gasteiger partial charge in [-0.25, -0.2) is 0 Å². The zero-order valence-corrected chi connectivity index (χ0v) is 12.5. The predicted octanol–water partition coefficient (Wildman–Crippen LogP) is 1.62. The Balaban J connectivity index is 2.80. The monoisotopic (exact) mass is 271 g/mol. The quantitative estimate of drug-likeness (QED) is 0.764. The third kappa shape index (κ3) is 3.08. The van der Waals surface area contributed by atoms with Crippen molar-refractivity contribution in [1.82, 2.24) is 4.90 Å². The lowest BCUT2D eigenvalue weighted by Crippen LogP contribution is -2.42. The fraction of sp³-hybridized carbons (Fsp3) is 0.857. The Kier molecular flexibility index (Phi) is 4.96. The Labute approximate surface area is 114 Å². The molecule has 0 aromatic carbocycles. The molecule has 3 atom stereocenters. The smallest absolute Gasteiger partial charge is 0.307 e. The Morgan fingerprint density at radius 2 is 1.95 bits per heavy atom. The molecular weight excluding hydrogens is 246 g/mol. The molecule has 0 saturated heterocycles. The van der Waals surface area contributed by atoms with Crippen LogP contribution in [0, 0.1) is 17.3 Å². The molecule has 0 bridgehead atoms. The second-order valence-electron chi connectivity index (χ2n) is 5.90. The number of carboxylic acid groups (broad SMARTS) is 1. The van der Waals surface area contributed by atoms with E-state index in [1.165, 1.54) is 0 Å². The Morgan fingerprint density at radius 1 is 1.37 bits per heavy atom. The predicted molar refractivity (Wildman–Crippen MR) is 71.7 cm³/mol. The van der Waals surface area contributed by atoms with Crippen LogP contribution in [0.25, 0.3) is 0 Å². The van der Waals surface area contributed by atoms with Crippen molar-refractivity contribution >= 4 is 11.9 Å². The number of hydrogen-bond acceptors (Lipinski definition) is 3. The Hall–Kier alpha value is -1.10. The molecule has 0 heterocycles. The average molecular weight is 271 g/mol. The minimum Gasteiger partial charge on any atom is -0.481 e. The summed E-state index contributed by atoms with van der Waals surface area (Å²) >= 11 is 0. The third-order valence-electron chi connectivity index (χ3n) is 4.30. The highest BCUT2D eigenvalue weighted by Gasteiger charge is 2.66. The first kappa shape index (κ1) is 16.0. The van der Waals surface area contributed by atoms with E-state index in [1.807, 2.05) is 27.7 Å². The number of carbonyl (C=O) groups is 2. The van der Waals surface area contributed by atoms with E-state index < -0.39 is 23.2 Å². The lowest BCUT2D eigenvalue weighted by molar-refractivity contribution is -0.143. The summed E-state index contributed by atoms with van der Waals surface area (Å²) in [4.78, 5) is 25.5. The highest BCUT2D eigenvalue weighted by atomic mass is 16.5. The highest BCUT2D eigenvalue weighted by molar-refractivity contribution is 5.91. The summed E-state index contributed by atoms with van der Waals surface area (Å²) in [6, 6.07) is 0.105. The number of ether oxygens (including phenoxy) is 1. The van der Waals surface area contributed by atoms with Gasteiger partial charge in [0.05, 0.1) is 18.4 Å². The van der Waals surface area contributed by atoms with E-state index in [2.05, 4.69) is 0 Å². The number of carbonyl (C=O) groups excluding carboxylic acids is 1. The van der Waals surface area contributed by atoms with Gasteiger partial charge < -0.3 is 14.7 Å². The van der Waals surface area contributed by atoms with E-state index in [9.17, 15) is 9.59 Å². The van der Waals surface area contributed by atoms with Crippen molar-refractivity contribution in [3.8, 4) is 0 Å². The van der Waals surface area contributed by atoms with E-state index in [-0.39, 0.29) is 11.9 Å². The van der Waals surface area contributed by atoms with Crippen molar-refractivity contribution in [2.45, 2.75) is 40.2 Å². The number of nitrogens with zero attached hydrogens (tertiary/aromatic N) is 1. The molecule has 1 rings (SSSR count). The van der Waals surface area contributed by atoms with Gasteiger partial charge in [-0.05, 0) is 18.8 Å². The van der Waals surface area contributed by atoms with E-state index >= 15 is 0 Å². The number of aliphatic carboxylic acids is 1. The molecule has 0 radical (unpaired) electrons. The van der Waals surface area contributed by atoms with Gasteiger partial charge in [-0.15, -0.1) is 0 Å². The average Bonchev–Trinajstić information content (AvgIpc) is 2.92. The summed E-state index contributed by atoms with van der Waals surface area (Å²) < 4.78 is 5.03. The SMILES string of the molecule is CCC(C)N(CCOC)C(=O)[C@H]1[C@@H](C(=O)O)C1(C)C. The number of hydrogen-bond donors (Lipinski definition) is 1. The molecule has 1 aliphatic carbocycles. The van der Waals surface area contributed by atoms with Crippen LogP contribution in [0.5, 0.6) is 0 Å². The zero-order valence-electron chi connectivity index (χ0n) is 12.5. The second-order valence-corrected chi connectivity index (χ2v) is 5.90. The van der Waals surface area contributed by atoms with E-state index in [1.54, 1.807) is 12.0 Å². The number of methoxy groups -OCH3 is 1. The first-order valence-electron chi connectivity index (χ1n) is 6.81. The lowest BCUT2D eigenvalue weighted by Gasteiger charge is -2.29. The van der Waals surface area contributed by atoms with E-state index in [0.717, 1.165) is 6.42 Å². The van der Waals surface area contributed by atoms with Gasteiger partial charge in [0.1, 0.15) is 0 Å². The molecule has 5 heteroatoms. The van der Waals surface area contributed by atoms with Gasteiger partial charge in [-0.2, -0.15) is 0 Å². The van der Waals surface area contributed by atoms with Gasteiger partial charge >= 0.3 is 5.97 Å². The first-order valence-corrected chi connectivity index (χ1v) is 6.81. The standard InChI is InChI=1S/C14H25NO4/c1-6-9(2)15(7-8-19-5)12(16)10-11(13(17)18)14(10,3)4/h9-11H,6-8H2,1-5H3,(H,17,18)/t9?,10-,11+/m1/s1. The molecule has 1 saturated carbocycles. The van der Waals surface area contributed by atoms with Crippen LogP contribution in [0.2, 0.25) is 0 Å². The van der Waals surface area contributed by atoms with Gasteiger partial charge in [0.25, 0.3) is 0 Å². The second kappa shape index (κ2) is 5.90. The number of rotatable bonds is 7. The van der Waals surface area contributed by atoms with Crippen LogP contribution in [0.1, 0.15) is 34.1 Å².